The van der Waals surface area contributed by atoms with Gasteiger partial charge in [-0.15, -0.1) is 6.42 Å². The van der Waals surface area contributed by atoms with E-state index < -0.39 is 11.7 Å². The van der Waals surface area contributed by atoms with Gasteiger partial charge in [-0.2, -0.15) is 13.2 Å². The molecule has 0 radical (unpaired) electrons. The van der Waals surface area contributed by atoms with Gasteiger partial charge in [0.1, 0.15) is 0 Å². The summed E-state index contributed by atoms with van der Waals surface area (Å²) in [6.07, 6.45) is 3.67. The Kier molecular flexibility index (Phi) is 3.07. The number of alkyl halides is 3. The molecule has 18 heavy (non-hydrogen) atoms. The molecule has 90 valence electrons. The fourth-order valence-electron chi connectivity index (χ4n) is 1.64. The third-order valence-electron chi connectivity index (χ3n) is 2.46. The van der Waals surface area contributed by atoms with Gasteiger partial charge >= 0.3 is 6.18 Å². The molecule has 0 unspecified atom stereocenters. The van der Waals surface area contributed by atoms with Crippen molar-refractivity contribution < 1.29 is 13.2 Å². The molecule has 2 aromatic rings. The second-order valence-electron chi connectivity index (χ2n) is 3.64. The molecule has 1 aromatic carbocycles. The Bertz CT molecular complexity index is 595. The molecule has 0 saturated heterocycles. The molecule has 0 atom stereocenters. The van der Waals surface area contributed by atoms with Crippen LogP contribution in [0, 0.1) is 12.3 Å². The summed E-state index contributed by atoms with van der Waals surface area (Å²) in [7, 11) is 0. The Morgan fingerprint density at radius 2 is 1.94 bits per heavy atom. The summed E-state index contributed by atoms with van der Waals surface area (Å²) in [5, 5.41) is 0. The molecule has 1 nitrogen and oxygen atoms in total. The normalized spacial score (nSPS) is 11.0. The summed E-state index contributed by atoms with van der Waals surface area (Å²) < 4.78 is 38.7. The van der Waals surface area contributed by atoms with Crippen LogP contribution in [-0.2, 0) is 6.18 Å². The van der Waals surface area contributed by atoms with Gasteiger partial charge in [0, 0.05) is 23.5 Å². The summed E-state index contributed by atoms with van der Waals surface area (Å²) in [6.45, 7) is 0. The molecule has 1 heterocycles. The van der Waals surface area contributed by atoms with E-state index in [1.165, 1.54) is 24.5 Å². The van der Waals surface area contributed by atoms with Crippen LogP contribution in [0.2, 0.25) is 0 Å². The first-order valence-corrected chi connectivity index (χ1v) is 5.10. The largest absolute Gasteiger partial charge is 0.417 e. The monoisotopic (exact) mass is 247 g/mol. The lowest BCUT2D eigenvalue weighted by Crippen LogP contribution is -2.07. The number of aromatic nitrogens is 1. The van der Waals surface area contributed by atoms with E-state index in [-0.39, 0.29) is 5.56 Å². The van der Waals surface area contributed by atoms with Gasteiger partial charge < -0.3 is 0 Å². The van der Waals surface area contributed by atoms with Crippen molar-refractivity contribution >= 4 is 0 Å². The zero-order chi connectivity index (χ0) is 13.2. The molecule has 0 N–H and O–H groups in total. The van der Waals surface area contributed by atoms with Crippen molar-refractivity contribution in [3.63, 3.8) is 0 Å². The Balaban J connectivity index is 2.67. The number of hydrogen-bond acceptors (Lipinski definition) is 1. The third kappa shape index (κ3) is 2.35. The van der Waals surface area contributed by atoms with Gasteiger partial charge in [0.15, 0.2) is 0 Å². The van der Waals surface area contributed by atoms with E-state index >= 15 is 0 Å². The zero-order valence-electron chi connectivity index (χ0n) is 9.20. The highest BCUT2D eigenvalue weighted by atomic mass is 19.4. The van der Waals surface area contributed by atoms with Crippen LogP contribution in [0.15, 0.2) is 42.7 Å². The highest BCUT2D eigenvalue weighted by molar-refractivity contribution is 5.69. The molecule has 1 aromatic heterocycles. The van der Waals surface area contributed by atoms with Gasteiger partial charge in [-0.3, -0.25) is 4.98 Å². The van der Waals surface area contributed by atoms with Crippen LogP contribution in [0.1, 0.15) is 11.1 Å². The molecule has 0 saturated carbocycles. The summed E-state index contributed by atoms with van der Waals surface area (Å²) in [6, 6.07) is 6.77. The highest BCUT2D eigenvalue weighted by Gasteiger charge is 2.33. The minimum Gasteiger partial charge on any atom is -0.264 e. The molecule has 0 fully saturated rings. The lowest BCUT2D eigenvalue weighted by atomic mass is 9.98. The predicted molar refractivity (Wildman–Crippen MR) is 62.6 cm³/mol. The fraction of sp³-hybridized carbons (Fsp3) is 0.0714. The molecule has 2 rings (SSSR count). The van der Waals surface area contributed by atoms with Gasteiger partial charge in [-0.25, -0.2) is 0 Å². The van der Waals surface area contributed by atoms with Crippen LogP contribution in [0.3, 0.4) is 0 Å². The van der Waals surface area contributed by atoms with Crippen molar-refractivity contribution in [1.29, 1.82) is 0 Å². The number of rotatable bonds is 1. The van der Waals surface area contributed by atoms with E-state index in [1.54, 1.807) is 12.1 Å². The Morgan fingerprint density at radius 3 is 2.50 bits per heavy atom. The average Bonchev–Trinajstić information content (AvgIpc) is 2.38. The number of nitrogens with zero attached hydrogens (tertiary/aromatic N) is 1. The van der Waals surface area contributed by atoms with E-state index in [9.17, 15) is 13.2 Å². The van der Waals surface area contributed by atoms with E-state index in [2.05, 4.69) is 10.9 Å². The van der Waals surface area contributed by atoms with Gasteiger partial charge in [0.05, 0.1) is 5.56 Å². The van der Waals surface area contributed by atoms with Crippen molar-refractivity contribution in [1.82, 2.24) is 4.98 Å². The smallest absolute Gasteiger partial charge is 0.264 e. The van der Waals surface area contributed by atoms with Crippen molar-refractivity contribution in [3.05, 3.63) is 53.9 Å². The van der Waals surface area contributed by atoms with Gasteiger partial charge in [-0.1, -0.05) is 12.0 Å². The summed E-state index contributed by atoms with van der Waals surface area (Å²) in [4.78, 5) is 3.82. The zero-order valence-corrected chi connectivity index (χ0v) is 9.20. The molecule has 4 heteroatoms. The van der Waals surface area contributed by atoms with Crippen molar-refractivity contribution in [2.24, 2.45) is 0 Å². The van der Waals surface area contributed by atoms with Crippen molar-refractivity contribution in [2.45, 2.75) is 6.18 Å². The van der Waals surface area contributed by atoms with Crippen LogP contribution in [0.25, 0.3) is 11.1 Å². The highest BCUT2D eigenvalue weighted by Crippen LogP contribution is 2.37. The van der Waals surface area contributed by atoms with Crippen molar-refractivity contribution in [3.8, 4) is 23.5 Å². The number of halogens is 3. The topological polar surface area (TPSA) is 12.9 Å². The molecular weight excluding hydrogens is 239 g/mol. The minimum absolute atomic E-state index is 0.0473. The van der Waals surface area contributed by atoms with E-state index in [4.69, 9.17) is 6.42 Å². The Labute approximate surface area is 102 Å². The minimum atomic E-state index is -4.42. The lowest BCUT2D eigenvalue weighted by molar-refractivity contribution is -0.137. The van der Waals surface area contributed by atoms with Crippen LogP contribution in [0.5, 0.6) is 0 Å². The Hall–Kier alpha value is -2.28. The maximum atomic E-state index is 12.9. The van der Waals surface area contributed by atoms with E-state index in [0.29, 0.717) is 11.1 Å². The molecule has 0 aliphatic rings. The second-order valence-corrected chi connectivity index (χ2v) is 3.64. The molecule has 0 amide bonds. The van der Waals surface area contributed by atoms with E-state index in [1.807, 2.05) is 0 Å². The molecule has 0 spiro atoms. The second kappa shape index (κ2) is 4.53. The summed E-state index contributed by atoms with van der Waals surface area (Å²) in [5.74, 6) is 2.33. The van der Waals surface area contributed by atoms with Gasteiger partial charge in [-0.05, 0) is 29.8 Å². The first-order chi connectivity index (χ1) is 8.52. The van der Waals surface area contributed by atoms with Gasteiger partial charge in [0.2, 0.25) is 0 Å². The van der Waals surface area contributed by atoms with Gasteiger partial charge in [0.25, 0.3) is 0 Å². The first kappa shape index (κ1) is 12.2. The quantitative estimate of drug-likeness (QED) is 0.699. The maximum Gasteiger partial charge on any atom is 0.417 e. The number of terminal acetylenes is 1. The number of benzene rings is 1. The first-order valence-electron chi connectivity index (χ1n) is 5.10. The van der Waals surface area contributed by atoms with Crippen LogP contribution in [-0.4, -0.2) is 4.98 Å². The third-order valence-corrected chi connectivity index (χ3v) is 2.46. The molecule has 0 aliphatic heterocycles. The van der Waals surface area contributed by atoms with Crippen molar-refractivity contribution in [2.75, 3.05) is 0 Å². The molecule has 0 aliphatic carbocycles. The Morgan fingerprint density at radius 1 is 1.17 bits per heavy atom. The van der Waals surface area contributed by atoms with Crippen LogP contribution in [0.4, 0.5) is 13.2 Å². The predicted octanol–water partition coefficient (Wildman–Crippen LogP) is 3.75. The lowest BCUT2D eigenvalue weighted by Gasteiger charge is -2.13. The SMILES string of the molecule is C#Cc1ccc(C(F)(F)F)c(-c2cccnc2)c1. The number of hydrogen-bond donors (Lipinski definition) is 0. The van der Waals surface area contributed by atoms with Crippen LogP contribution >= 0.6 is 0 Å². The summed E-state index contributed by atoms with van der Waals surface area (Å²) in [5.41, 5.74) is 0.129. The van der Waals surface area contributed by atoms with E-state index in [0.717, 1.165) is 6.07 Å². The van der Waals surface area contributed by atoms with Crippen LogP contribution < -0.4 is 0 Å². The fourth-order valence-corrected chi connectivity index (χ4v) is 1.64. The average molecular weight is 247 g/mol. The molecular formula is C14H8F3N. The standard InChI is InChI=1S/C14H8F3N/c1-2-10-5-6-13(14(15,16)17)12(8-10)11-4-3-7-18-9-11/h1,3-9H. The maximum absolute atomic E-state index is 12.9. The molecule has 0 bridgehead atoms. The number of pyridine rings is 1. The summed E-state index contributed by atoms with van der Waals surface area (Å²) >= 11 is 0.